The van der Waals surface area contributed by atoms with Gasteiger partial charge in [0.05, 0.1) is 12.1 Å². The van der Waals surface area contributed by atoms with Crippen molar-refractivity contribution in [1.29, 1.82) is 0 Å². The van der Waals surface area contributed by atoms with Gasteiger partial charge in [0.1, 0.15) is 28.2 Å². The molecular weight excluding hydrogens is 478 g/mol. The van der Waals surface area contributed by atoms with E-state index >= 15 is 0 Å². The summed E-state index contributed by atoms with van der Waals surface area (Å²) in [4.78, 5) is 30.8. The summed E-state index contributed by atoms with van der Waals surface area (Å²) in [6.07, 6.45) is 0. The van der Waals surface area contributed by atoms with E-state index in [-0.39, 0.29) is 32.4 Å². The van der Waals surface area contributed by atoms with Crippen LogP contribution in [0.3, 0.4) is 0 Å². The highest BCUT2D eigenvalue weighted by Crippen LogP contribution is 2.38. The molecule has 0 saturated carbocycles. The fourth-order valence-electron chi connectivity index (χ4n) is 2.92. The van der Waals surface area contributed by atoms with E-state index in [1.54, 1.807) is 24.3 Å². The fraction of sp³-hybridized carbons (Fsp3) is 0.190. The second-order valence-corrected chi connectivity index (χ2v) is 8.09. The average molecular weight is 497 g/mol. The van der Waals surface area contributed by atoms with Gasteiger partial charge in [0.15, 0.2) is 5.13 Å². The van der Waals surface area contributed by atoms with Crippen molar-refractivity contribution >= 4 is 51.3 Å². The van der Waals surface area contributed by atoms with Gasteiger partial charge in [0.25, 0.3) is 0 Å². The Labute approximate surface area is 196 Å². The topological polar surface area (TPSA) is 121 Å². The van der Waals surface area contributed by atoms with Gasteiger partial charge in [-0.05, 0) is 49.4 Å². The zero-order valence-electron chi connectivity index (χ0n) is 17.4. The van der Waals surface area contributed by atoms with E-state index in [0.717, 1.165) is 11.3 Å². The number of carbonyl (C=O) groups excluding carboxylic acids is 2. The third kappa shape index (κ3) is 5.32. The molecule has 0 spiro atoms. The molecule has 12 heteroatoms. The Bertz CT molecular complexity index is 1170. The van der Waals surface area contributed by atoms with Crippen molar-refractivity contribution in [3.8, 4) is 11.5 Å². The van der Waals surface area contributed by atoms with Gasteiger partial charge in [-0.15, -0.1) is 0 Å². The van der Waals surface area contributed by atoms with Crippen LogP contribution in [0, 0.1) is 0 Å². The van der Waals surface area contributed by atoms with Crippen LogP contribution in [0.25, 0.3) is 0 Å². The maximum atomic E-state index is 13.0. The molecule has 0 saturated heterocycles. The number of aromatic nitrogens is 1. The monoisotopic (exact) mass is 496 g/mol. The summed E-state index contributed by atoms with van der Waals surface area (Å²) in [5, 5.41) is 0.0720. The van der Waals surface area contributed by atoms with E-state index in [1.165, 1.54) is 37.1 Å². The molecule has 2 aromatic carbocycles. The molecule has 3 rings (SSSR count). The molecule has 0 unspecified atom stereocenters. The molecule has 4 N–H and O–H groups in total. The Morgan fingerprint density at radius 3 is 2.39 bits per heavy atom. The first kappa shape index (κ1) is 24.2. The van der Waals surface area contributed by atoms with Crippen molar-refractivity contribution in [3.63, 3.8) is 0 Å². The quantitative estimate of drug-likeness (QED) is 0.425. The summed E-state index contributed by atoms with van der Waals surface area (Å²) in [6, 6.07) is 9.47. The molecule has 0 bridgehead atoms. The van der Waals surface area contributed by atoms with Crippen molar-refractivity contribution in [3.05, 3.63) is 57.9 Å². The molecule has 0 fully saturated rings. The number of carbonyl (C=O) groups is 2. The Hall–Kier alpha value is -3.44. The van der Waals surface area contributed by atoms with E-state index in [2.05, 4.69) is 9.72 Å². The number of nitrogen functional groups attached to an aromatic ring is 1. The molecular formula is C21H19ClF2N4O4S. The summed E-state index contributed by atoms with van der Waals surface area (Å²) in [5.41, 5.74) is 12.2. The van der Waals surface area contributed by atoms with Crippen molar-refractivity contribution in [2.75, 3.05) is 17.7 Å². The lowest BCUT2D eigenvalue weighted by Crippen LogP contribution is -2.39. The number of nitrogens with two attached hydrogens (primary N) is 2. The fourth-order valence-corrected chi connectivity index (χ4v) is 4.19. The number of halogens is 3. The molecule has 0 aliphatic carbocycles. The minimum Gasteiger partial charge on any atom is -0.497 e. The highest BCUT2D eigenvalue weighted by Gasteiger charge is 2.28. The number of hydrogen-bond donors (Lipinski definition) is 2. The summed E-state index contributed by atoms with van der Waals surface area (Å²) in [5.74, 6) is -0.764. The number of benzene rings is 2. The Balaban J connectivity index is 2.01. The van der Waals surface area contributed by atoms with Gasteiger partial charge in [-0.1, -0.05) is 22.9 Å². The molecule has 1 atom stereocenters. The van der Waals surface area contributed by atoms with Crippen LogP contribution in [0.1, 0.15) is 22.2 Å². The number of rotatable bonds is 9. The Kier molecular flexibility index (Phi) is 7.34. The van der Waals surface area contributed by atoms with Gasteiger partial charge in [-0.2, -0.15) is 8.78 Å². The first-order valence-electron chi connectivity index (χ1n) is 9.40. The zero-order chi connectivity index (χ0) is 24.3. The first-order chi connectivity index (χ1) is 15.6. The van der Waals surface area contributed by atoms with Crippen molar-refractivity contribution in [1.82, 2.24) is 4.98 Å². The maximum Gasteiger partial charge on any atom is 0.387 e. The van der Waals surface area contributed by atoms with E-state index in [0.29, 0.717) is 17.0 Å². The molecule has 8 nitrogen and oxygen atoms in total. The Morgan fingerprint density at radius 2 is 1.85 bits per heavy atom. The standard InChI is InChI=1S/C21H19ClF2N4O4S/c1-10(19(26)30)28(12-5-8-15(14(22)9-12)32-20(23)24)21-27-18(25)17(33-21)16(29)11-3-6-13(31-2)7-4-11/h3-10,20H,25H2,1-2H3,(H2,26,30)/t10-/m1/s1. The maximum absolute atomic E-state index is 13.0. The molecule has 174 valence electrons. The van der Waals surface area contributed by atoms with Crippen LogP contribution in [0.2, 0.25) is 5.02 Å². The Morgan fingerprint density at radius 1 is 1.18 bits per heavy atom. The molecule has 1 amide bonds. The van der Waals surface area contributed by atoms with Crippen molar-refractivity contribution in [2.24, 2.45) is 5.73 Å². The molecule has 3 aromatic rings. The van der Waals surface area contributed by atoms with E-state index < -0.39 is 18.6 Å². The van der Waals surface area contributed by atoms with Gasteiger partial charge in [-0.25, -0.2) is 4.98 Å². The summed E-state index contributed by atoms with van der Waals surface area (Å²) >= 11 is 7.02. The number of hydrogen-bond acceptors (Lipinski definition) is 8. The van der Waals surface area contributed by atoms with Crippen LogP contribution >= 0.6 is 22.9 Å². The van der Waals surface area contributed by atoms with Gasteiger partial charge >= 0.3 is 6.61 Å². The van der Waals surface area contributed by atoms with Crippen LogP contribution < -0.4 is 25.8 Å². The van der Waals surface area contributed by atoms with Crippen LogP contribution in [0.5, 0.6) is 11.5 Å². The number of alkyl halides is 2. The van der Waals surface area contributed by atoms with Gasteiger partial charge in [0.2, 0.25) is 11.7 Å². The lowest BCUT2D eigenvalue weighted by molar-refractivity contribution is -0.118. The van der Waals surface area contributed by atoms with Crippen LogP contribution in [-0.2, 0) is 4.79 Å². The molecule has 0 aliphatic heterocycles. The zero-order valence-corrected chi connectivity index (χ0v) is 19.0. The van der Waals surface area contributed by atoms with E-state index in [9.17, 15) is 18.4 Å². The number of ether oxygens (including phenoxy) is 2. The van der Waals surface area contributed by atoms with E-state index in [1.807, 2.05) is 0 Å². The number of ketones is 1. The SMILES string of the molecule is COc1ccc(C(=O)c2sc(N(c3ccc(OC(F)F)c(Cl)c3)[C@H](C)C(N)=O)nc2N)cc1. The van der Waals surface area contributed by atoms with E-state index in [4.69, 9.17) is 27.8 Å². The van der Waals surface area contributed by atoms with Gasteiger partial charge < -0.3 is 25.8 Å². The first-order valence-corrected chi connectivity index (χ1v) is 10.6. The lowest BCUT2D eigenvalue weighted by atomic mass is 10.1. The molecule has 1 aromatic heterocycles. The molecule has 0 aliphatic rings. The largest absolute Gasteiger partial charge is 0.497 e. The normalized spacial score (nSPS) is 11.8. The smallest absolute Gasteiger partial charge is 0.387 e. The van der Waals surface area contributed by atoms with Crippen molar-refractivity contribution < 1.29 is 27.8 Å². The highest BCUT2D eigenvalue weighted by molar-refractivity contribution is 7.18. The second kappa shape index (κ2) is 10.0. The lowest BCUT2D eigenvalue weighted by Gasteiger charge is -2.27. The minimum absolute atomic E-state index is 0.0405. The second-order valence-electron chi connectivity index (χ2n) is 6.71. The third-order valence-electron chi connectivity index (χ3n) is 4.62. The number of thiazole rings is 1. The third-order valence-corrected chi connectivity index (χ3v) is 5.98. The number of amides is 1. The van der Waals surface area contributed by atoms with Gasteiger partial charge in [-0.3, -0.25) is 9.59 Å². The molecule has 1 heterocycles. The van der Waals surface area contributed by atoms with Gasteiger partial charge in [0, 0.05) is 11.3 Å². The minimum atomic E-state index is -3.06. The predicted molar refractivity (Wildman–Crippen MR) is 122 cm³/mol. The number of anilines is 3. The number of methoxy groups -OCH3 is 1. The molecule has 0 radical (unpaired) electrons. The van der Waals surface area contributed by atoms with Crippen LogP contribution in [0.15, 0.2) is 42.5 Å². The summed E-state index contributed by atoms with van der Waals surface area (Å²) < 4.78 is 34.5. The summed E-state index contributed by atoms with van der Waals surface area (Å²) in [7, 11) is 1.51. The van der Waals surface area contributed by atoms with Crippen LogP contribution in [-0.4, -0.2) is 36.4 Å². The highest BCUT2D eigenvalue weighted by atomic mass is 35.5. The summed E-state index contributed by atoms with van der Waals surface area (Å²) in [6.45, 7) is -1.54. The number of nitrogens with zero attached hydrogens (tertiary/aromatic N) is 2. The number of primary amides is 1. The predicted octanol–water partition coefficient (Wildman–Crippen LogP) is 4.23. The average Bonchev–Trinajstić information content (AvgIpc) is 3.15. The van der Waals surface area contributed by atoms with Crippen molar-refractivity contribution in [2.45, 2.75) is 19.6 Å². The molecule has 33 heavy (non-hydrogen) atoms. The van der Waals surface area contributed by atoms with Crippen LogP contribution in [0.4, 0.5) is 25.4 Å².